The van der Waals surface area contributed by atoms with E-state index in [-0.39, 0.29) is 5.54 Å². The van der Waals surface area contributed by atoms with Crippen LogP contribution in [0.2, 0.25) is 0 Å². The predicted molar refractivity (Wildman–Crippen MR) is 51.4 cm³/mol. The summed E-state index contributed by atoms with van der Waals surface area (Å²) < 4.78 is 0. The third-order valence-corrected chi connectivity index (χ3v) is 2.82. The van der Waals surface area contributed by atoms with Gasteiger partial charge in [-0.3, -0.25) is 0 Å². The van der Waals surface area contributed by atoms with Crippen LogP contribution in [0.5, 0.6) is 0 Å². The summed E-state index contributed by atoms with van der Waals surface area (Å²) in [6.45, 7) is 1.94. The van der Waals surface area contributed by atoms with Crippen LogP contribution in [0.25, 0.3) is 0 Å². The van der Waals surface area contributed by atoms with Gasteiger partial charge in [0.25, 0.3) is 0 Å². The highest BCUT2D eigenvalue weighted by molar-refractivity contribution is 7.98. The van der Waals surface area contributed by atoms with Gasteiger partial charge in [-0.2, -0.15) is 0 Å². The molecule has 1 heterocycles. The molecule has 70 valence electrons. The first-order valence-electron chi connectivity index (χ1n) is 4.20. The Hall–Kier alpha value is -0.680. The SMILES string of the molecule is CSc1nnc(C2(N)CC2)c(C)n1. The highest BCUT2D eigenvalue weighted by atomic mass is 32.2. The first-order valence-corrected chi connectivity index (χ1v) is 5.43. The molecule has 0 amide bonds. The Morgan fingerprint density at radius 3 is 2.54 bits per heavy atom. The third kappa shape index (κ3) is 1.53. The highest BCUT2D eigenvalue weighted by Crippen LogP contribution is 2.42. The van der Waals surface area contributed by atoms with E-state index in [4.69, 9.17) is 5.73 Å². The maximum absolute atomic E-state index is 6.01. The second kappa shape index (κ2) is 2.92. The van der Waals surface area contributed by atoms with E-state index >= 15 is 0 Å². The zero-order chi connectivity index (χ0) is 9.47. The van der Waals surface area contributed by atoms with Gasteiger partial charge in [0.05, 0.1) is 11.2 Å². The van der Waals surface area contributed by atoms with Gasteiger partial charge < -0.3 is 5.73 Å². The third-order valence-electron chi connectivity index (χ3n) is 2.28. The van der Waals surface area contributed by atoms with Gasteiger partial charge in [0, 0.05) is 0 Å². The molecule has 1 aliphatic carbocycles. The molecular weight excluding hydrogens is 184 g/mol. The van der Waals surface area contributed by atoms with Crippen molar-refractivity contribution in [1.82, 2.24) is 15.2 Å². The predicted octanol–water partition coefficient (Wildman–Crippen LogP) is 0.850. The van der Waals surface area contributed by atoms with E-state index in [1.54, 1.807) is 0 Å². The fourth-order valence-electron chi connectivity index (χ4n) is 1.30. The van der Waals surface area contributed by atoms with Crippen LogP contribution >= 0.6 is 11.8 Å². The van der Waals surface area contributed by atoms with Crippen LogP contribution in [0, 0.1) is 6.92 Å². The average molecular weight is 196 g/mol. The lowest BCUT2D eigenvalue weighted by molar-refractivity contribution is 0.642. The number of nitrogens with zero attached hydrogens (tertiary/aromatic N) is 3. The van der Waals surface area contributed by atoms with Crippen LogP contribution < -0.4 is 5.73 Å². The molecule has 0 unspecified atom stereocenters. The van der Waals surface area contributed by atoms with E-state index < -0.39 is 0 Å². The zero-order valence-electron chi connectivity index (χ0n) is 7.74. The number of nitrogens with two attached hydrogens (primary N) is 1. The Morgan fingerprint density at radius 2 is 2.08 bits per heavy atom. The van der Waals surface area contributed by atoms with Gasteiger partial charge in [0.1, 0.15) is 5.69 Å². The summed E-state index contributed by atoms with van der Waals surface area (Å²) in [6, 6.07) is 0. The van der Waals surface area contributed by atoms with Crippen LogP contribution in [0.1, 0.15) is 24.2 Å². The normalized spacial score (nSPS) is 18.7. The van der Waals surface area contributed by atoms with Crippen molar-refractivity contribution >= 4 is 11.8 Å². The minimum absolute atomic E-state index is 0.221. The van der Waals surface area contributed by atoms with E-state index in [9.17, 15) is 0 Å². The maximum atomic E-state index is 6.01. The molecule has 0 saturated heterocycles. The van der Waals surface area contributed by atoms with E-state index in [1.807, 2.05) is 13.2 Å². The van der Waals surface area contributed by atoms with Gasteiger partial charge in [-0.1, -0.05) is 11.8 Å². The first kappa shape index (κ1) is 8.90. The van der Waals surface area contributed by atoms with Crippen molar-refractivity contribution in [1.29, 1.82) is 0 Å². The quantitative estimate of drug-likeness (QED) is 0.710. The molecule has 0 aliphatic heterocycles. The van der Waals surface area contributed by atoms with Crippen molar-refractivity contribution in [2.45, 2.75) is 30.5 Å². The highest BCUT2D eigenvalue weighted by Gasteiger charge is 2.43. The van der Waals surface area contributed by atoms with E-state index in [1.165, 1.54) is 11.8 Å². The molecule has 5 heteroatoms. The van der Waals surface area contributed by atoms with Gasteiger partial charge in [-0.25, -0.2) is 4.98 Å². The number of hydrogen-bond donors (Lipinski definition) is 1. The van der Waals surface area contributed by atoms with Crippen molar-refractivity contribution in [2.24, 2.45) is 5.73 Å². The van der Waals surface area contributed by atoms with E-state index in [0.717, 1.165) is 24.2 Å². The number of rotatable bonds is 2. The van der Waals surface area contributed by atoms with Crippen LogP contribution in [0.4, 0.5) is 0 Å². The molecule has 1 aromatic heterocycles. The lowest BCUT2D eigenvalue weighted by Gasteiger charge is -2.09. The topological polar surface area (TPSA) is 64.7 Å². The monoisotopic (exact) mass is 196 g/mol. The van der Waals surface area contributed by atoms with Gasteiger partial charge in [-0.05, 0) is 26.0 Å². The van der Waals surface area contributed by atoms with Gasteiger partial charge >= 0.3 is 0 Å². The van der Waals surface area contributed by atoms with Crippen molar-refractivity contribution in [2.75, 3.05) is 6.26 Å². The molecule has 0 radical (unpaired) electrons. The van der Waals surface area contributed by atoms with Gasteiger partial charge in [0.2, 0.25) is 5.16 Å². The van der Waals surface area contributed by atoms with Gasteiger partial charge in [-0.15, -0.1) is 10.2 Å². The zero-order valence-corrected chi connectivity index (χ0v) is 8.56. The molecule has 0 spiro atoms. The second-order valence-electron chi connectivity index (χ2n) is 3.39. The summed E-state index contributed by atoms with van der Waals surface area (Å²) in [4.78, 5) is 4.31. The van der Waals surface area contributed by atoms with Crippen molar-refractivity contribution in [3.63, 3.8) is 0 Å². The summed E-state index contributed by atoms with van der Waals surface area (Å²) in [6.07, 6.45) is 3.94. The summed E-state index contributed by atoms with van der Waals surface area (Å²) in [5.41, 5.74) is 7.57. The molecule has 1 saturated carbocycles. The largest absolute Gasteiger partial charge is 0.320 e. The number of aryl methyl sites for hydroxylation is 1. The van der Waals surface area contributed by atoms with Crippen molar-refractivity contribution in [3.05, 3.63) is 11.4 Å². The Bertz CT molecular complexity index is 335. The first-order chi connectivity index (χ1) is 6.15. The second-order valence-corrected chi connectivity index (χ2v) is 4.16. The Balaban J connectivity index is 2.38. The van der Waals surface area contributed by atoms with Crippen LogP contribution in [-0.2, 0) is 5.54 Å². The molecule has 1 fully saturated rings. The summed E-state index contributed by atoms with van der Waals surface area (Å²) in [5.74, 6) is 0. The lowest BCUT2D eigenvalue weighted by Crippen LogP contribution is -2.23. The molecule has 0 atom stereocenters. The summed E-state index contributed by atoms with van der Waals surface area (Å²) in [7, 11) is 0. The smallest absolute Gasteiger partial charge is 0.209 e. The molecule has 2 rings (SSSR count). The van der Waals surface area contributed by atoms with E-state index in [0.29, 0.717) is 5.16 Å². The molecule has 0 aromatic carbocycles. The standard InChI is InChI=1S/C8H12N4S/c1-5-6(8(9)3-4-8)11-12-7(10-5)13-2/h3-4,9H2,1-2H3. The minimum Gasteiger partial charge on any atom is -0.320 e. The molecule has 13 heavy (non-hydrogen) atoms. The fourth-order valence-corrected chi connectivity index (χ4v) is 1.65. The molecule has 0 bridgehead atoms. The fraction of sp³-hybridized carbons (Fsp3) is 0.625. The summed E-state index contributed by atoms with van der Waals surface area (Å²) in [5, 5.41) is 8.82. The molecule has 1 aromatic rings. The Morgan fingerprint density at radius 1 is 1.38 bits per heavy atom. The molecule has 2 N–H and O–H groups in total. The molecule has 1 aliphatic rings. The Labute approximate surface area is 81.3 Å². The lowest BCUT2D eigenvalue weighted by atomic mass is 10.1. The average Bonchev–Trinajstić information content (AvgIpc) is 2.84. The van der Waals surface area contributed by atoms with Crippen molar-refractivity contribution < 1.29 is 0 Å². The van der Waals surface area contributed by atoms with Crippen LogP contribution in [0.15, 0.2) is 5.16 Å². The molecule has 4 nitrogen and oxygen atoms in total. The number of aromatic nitrogens is 3. The van der Waals surface area contributed by atoms with E-state index in [2.05, 4.69) is 15.2 Å². The summed E-state index contributed by atoms with van der Waals surface area (Å²) >= 11 is 1.50. The minimum atomic E-state index is -0.221. The maximum Gasteiger partial charge on any atom is 0.209 e. The number of hydrogen-bond acceptors (Lipinski definition) is 5. The van der Waals surface area contributed by atoms with Gasteiger partial charge in [0.15, 0.2) is 0 Å². The van der Waals surface area contributed by atoms with Crippen molar-refractivity contribution in [3.8, 4) is 0 Å². The number of thioether (sulfide) groups is 1. The van der Waals surface area contributed by atoms with Crippen LogP contribution in [-0.4, -0.2) is 21.4 Å². The van der Waals surface area contributed by atoms with Crippen LogP contribution in [0.3, 0.4) is 0 Å². The molecular formula is C8H12N4S. The Kier molecular flexibility index (Phi) is 2.00.